The maximum absolute atomic E-state index is 10.9. The summed E-state index contributed by atoms with van der Waals surface area (Å²) < 4.78 is 35.9. The molecule has 0 spiro atoms. The molecule has 11 heteroatoms. The van der Waals surface area contributed by atoms with Crippen LogP contribution < -0.4 is 5.73 Å². The minimum absolute atomic E-state index is 1.05. The van der Waals surface area contributed by atoms with Crippen LogP contribution in [0.5, 0.6) is 0 Å². The van der Waals surface area contributed by atoms with Crippen LogP contribution in [0.4, 0.5) is 0 Å². The Balaban J connectivity index is 4.34. The highest BCUT2D eigenvalue weighted by Crippen LogP contribution is 2.34. The quantitative estimate of drug-likeness (QED) is 0.309. The summed E-state index contributed by atoms with van der Waals surface area (Å²) in [6.07, 6.45) is -1.33. The number of carbonyl (C=O) groups is 1. The van der Waals surface area contributed by atoms with E-state index in [1.54, 1.807) is 0 Å². The number of hydrogen-bond acceptors (Lipinski definition) is 6. The zero-order valence-electron chi connectivity index (χ0n) is 7.31. The van der Waals surface area contributed by atoms with Crippen molar-refractivity contribution in [2.75, 3.05) is 12.1 Å². The van der Waals surface area contributed by atoms with Gasteiger partial charge in [0, 0.05) is 0 Å². The van der Waals surface area contributed by atoms with Gasteiger partial charge in [0.1, 0.15) is 11.8 Å². The van der Waals surface area contributed by atoms with E-state index in [0.717, 1.165) is 0 Å². The largest absolute Gasteiger partial charge is 0.480 e. The average molecular weight is 263 g/mol. The van der Waals surface area contributed by atoms with Crippen LogP contribution in [0.15, 0.2) is 0 Å². The molecule has 9 nitrogen and oxygen atoms in total. The summed E-state index contributed by atoms with van der Waals surface area (Å²) in [6.45, 7) is 0. The molecule has 0 saturated carbocycles. The Morgan fingerprint density at radius 2 is 1.93 bits per heavy atom. The fourth-order valence-electron chi connectivity index (χ4n) is 0.488. The molecule has 0 aliphatic rings. The van der Waals surface area contributed by atoms with Crippen LogP contribution in [0.2, 0.25) is 0 Å². The van der Waals surface area contributed by atoms with Crippen molar-refractivity contribution in [3.63, 3.8) is 0 Å². The second-order valence-corrected chi connectivity index (χ2v) is 5.85. The zero-order chi connectivity index (χ0) is 12.3. The van der Waals surface area contributed by atoms with Gasteiger partial charge in [-0.25, -0.2) is 0 Å². The van der Waals surface area contributed by atoms with Crippen molar-refractivity contribution < 1.29 is 36.9 Å². The first-order chi connectivity index (χ1) is 6.53. The highest BCUT2D eigenvalue weighted by Gasteiger charge is 2.25. The topological polar surface area (TPSA) is 164 Å². The molecule has 0 aromatic heterocycles. The molecular weight excluding hydrogens is 253 g/mol. The number of nitrogens with two attached hydrogens (primary N) is 1. The van der Waals surface area contributed by atoms with Gasteiger partial charge >= 0.3 is 13.6 Å². The summed E-state index contributed by atoms with van der Waals surface area (Å²) in [5, 5.41) is 8.27. The van der Waals surface area contributed by atoms with Crippen molar-refractivity contribution in [2.45, 2.75) is 6.04 Å². The minimum atomic E-state index is -4.62. The van der Waals surface area contributed by atoms with Crippen LogP contribution in [0.25, 0.3) is 0 Å². The van der Waals surface area contributed by atoms with Crippen LogP contribution in [0.1, 0.15) is 0 Å². The fourth-order valence-corrected chi connectivity index (χ4v) is 2.36. The molecule has 0 aliphatic carbocycles. The molecule has 0 aromatic carbocycles. The van der Waals surface area contributed by atoms with Gasteiger partial charge in [-0.1, -0.05) is 0 Å². The van der Waals surface area contributed by atoms with Crippen molar-refractivity contribution in [1.82, 2.24) is 0 Å². The molecule has 15 heavy (non-hydrogen) atoms. The summed E-state index contributed by atoms with van der Waals surface area (Å²) in [4.78, 5) is 26.8. The summed E-state index contributed by atoms with van der Waals surface area (Å²) in [5.74, 6) is -2.61. The second kappa shape index (κ2) is 5.01. The number of rotatable bonds is 6. The monoisotopic (exact) mass is 263 g/mol. The lowest BCUT2D eigenvalue weighted by Crippen LogP contribution is -2.37. The number of hydrogen-bond donors (Lipinski definition) is 4. The van der Waals surface area contributed by atoms with Gasteiger partial charge in [0.25, 0.3) is 10.1 Å². The normalized spacial score (nSPS) is 14.9. The van der Waals surface area contributed by atoms with Crippen molar-refractivity contribution in [3.8, 4) is 0 Å². The number of carboxylic acids is 1. The molecule has 0 amide bonds. The molecule has 0 saturated heterocycles. The van der Waals surface area contributed by atoms with Crippen molar-refractivity contribution in [1.29, 1.82) is 0 Å². The third-order valence-corrected chi connectivity index (χ3v) is 2.99. The number of carboxylic acid groups (broad SMARTS) is 1. The molecule has 0 aromatic rings. The first kappa shape index (κ1) is 14.5. The Morgan fingerprint density at radius 3 is 2.27 bits per heavy atom. The van der Waals surface area contributed by atoms with Gasteiger partial charge < -0.3 is 20.6 Å². The van der Waals surface area contributed by atoms with Crippen LogP contribution >= 0.6 is 7.60 Å². The van der Waals surface area contributed by atoms with Crippen molar-refractivity contribution in [3.05, 3.63) is 0 Å². The molecule has 5 N–H and O–H groups in total. The highest BCUT2D eigenvalue weighted by molar-refractivity contribution is 7.87. The van der Waals surface area contributed by atoms with Crippen LogP contribution in [0, 0.1) is 0 Å². The van der Waals surface area contributed by atoms with E-state index in [9.17, 15) is 17.8 Å². The summed E-state index contributed by atoms with van der Waals surface area (Å²) in [5.41, 5.74) is 4.89. The molecule has 90 valence electrons. The average Bonchev–Trinajstić information content (AvgIpc) is 1.99. The standard InChI is InChI=1S/C4H10NO8PS/c5-3(4(6)7)1-15(11,12)13-2-14(8,9)10/h3H,1-2,5H2,(H,6,7)(H2,8,9,10)/t3-/m0/s1. The first-order valence-electron chi connectivity index (χ1n) is 3.43. The van der Waals surface area contributed by atoms with Crippen LogP contribution in [-0.2, 0) is 23.7 Å². The Hall–Kier alpha value is -0.510. The van der Waals surface area contributed by atoms with Gasteiger partial charge in [-0.15, -0.1) is 0 Å². The predicted molar refractivity (Wildman–Crippen MR) is 47.4 cm³/mol. The Kier molecular flexibility index (Phi) is 4.84. The molecule has 1 atom stereocenters. The van der Waals surface area contributed by atoms with E-state index in [-0.39, 0.29) is 0 Å². The SMILES string of the molecule is N[C@@H](CS(=O)(=O)OCP(=O)(O)O)C(=O)O. The Bertz CT molecular complexity index is 370. The summed E-state index contributed by atoms with van der Waals surface area (Å²) in [6, 6.07) is -1.70. The van der Waals surface area contributed by atoms with Gasteiger partial charge in [0.15, 0.2) is 6.35 Å². The Labute approximate surface area is 85.1 Å². The summed E-state index contributed by atoms with van der Waals surface area (Å²) in [7, 11) is -8.98. The minimum Gasteiger partial charge on any atom is -0.480 e. The van der Waals surface area contributed by atoms with E-state index < -0.39 is 41.8 Å². The summed E-state index contributed by atoms with van der Waals surface area (Å²) >= 11 is 0. The second-order valence-electron chi connectivity index (χ2n) is 2.58. The molecule has 0 bridgehead atoms. The molecule has 0 radical (unpaired) electrons. The predicted octanol–water partition coefficient (Wildman–Crippen LogP) is -2.12. The van der Waals surface area contributed by atoms with E-state index in [1.807, 2.05) is 0 Å². The van der Waals surface area contributed by atoms with Gasteiger partial charge in [0.2, 0.25) is 0 Å². The van der Waals surface area contributed by atoms with E-state index in [4.69, 9.17) is 20.6 Å². The first-order valence-corrected chi connectivity index (χ1v) is 6.81. The van der Waals surface area contributed by atoms with E-state index in [1.165, 1.54) is 0 Å². The van der Waals surface area contributed by atoms with Crippen LogP contribution in [-0.4, -0.2) is 47.4 Å². The van der Waals surface area contributed by atoms with Gasteiger partial charge in [-0.05, 0) is 0 Å². The molecule has 0 fully saturated rings. The van der Waals surface area contributed by atoms with Crippen molar-refractivity contribution in [2.24, 2.45) is 5.73 Å². The van der Waals surface area contributed by atoms with Gasteiger partial charge in [0.05, 0.1) is 0 Å². The molecule has 0 aliphatic heterocycles. The smallest absolute Gasteiger partial charge is 0.352 e. The lowest BCUT2D eigenvalue weighted by molar-refractivity contribution is -0.138. The third kappa shape index (κ3) is 7.42. The van der Waals surface area contributed by atoms with E-state index in [2.05, 4.69) is 4.18 Å². The van der Waals surface area contributed by atoms with E-state index >= 15 is 0 Å². The fraction of sp³-hybridized carbons (Fsp3) is 0.750. The molecular formula is C4H10NO8PS. The molecule has 0 heterocycles. The molecule has 0 unspecified atom stereocenters. The lowest BCUT2D eigenvalue weighted by atomic mass is 10.4. The third-order valence-electron chi connectivity index (χ3n) is 1.10. The Morgan fingerprint density at radius 1 is 1.47 bits per heavy atom. The molecule has 0 rings (SSSR count). The van der Waals surface area contributed by atoms with Crippen molar-refractivity contribution >= 4 is 23.7 Å². The highest BCUT2D eigenvalue weighted by atomic mass is 32.2. The van der Waals surface area contributed by atoms with Gasteiger partial charge in [-0.3, -0.25) is 13.5 Å². The van der Waals surface area contributed by atoms with E-state index in [0.29, 0.717) is 0 Å². The lowest BCUT2D eigenvalue weighted by Gasteiger charge is -2.08. The van der Waals surface area contributed by atoms with Crippen LogP contribution in [0.3, 0.4) is 0 Å². The zero-order valence-corrected chi connectivity index (χ0v) is 9.02. The maximum Gasteiger partial charge on any atom is 0.352 e. The van der Waals surface area contributed by atoms with Gasteiger partial charge in [-0.2, -0.15) is 8.42 Å². The maximum atomic E-state index is 10.9. The number of aliphatic carboxylic acids is 1.